The first-order chi connectivity index (χ1) is 14.6. The number of ketones is 1. The van der Waals surface area contributed by atoms with Gasteiger partial charge in [-0.05, 0) is 24.3 Å². The highest BCUT2D eigenvalue weighted by Crippen LogP contribution is 2.40. The number of nitro groups is 1. The molecule has 9 nitrogen and oxygen atoms in total. The van der Waals surface area contributed by atoms with E-state index in [1.165, 1.54) is 6.07 Å². The van der Waals surface area contributed by atoms with Crippen LogP contribution >= 0.6 is 0 Å². The molecule has 2 heterocycles. The Hall–Kier alpha value is -4.09. The van der Waals surface area contributed by atoms with Crippen LogP contribution in [0.25, 0.3) is 0 Å². The van der Waals surface area contributed by atoms with Gasteiger partial charge in [-0.1, -0.05) is 12.1 Å². The number of nitrogens with one attached hydrogen (secondary N) is 1. The van der Waals surface area contributed by atoms with Gasteiger partial charge in [-0.3, -0.25) is 29.9 Å². The molecule has 0 unspecified atom stereocenters. The van der Waals surface area contributed by atoms with Gasteiger partial charge in [0.05, 0.1) is 16.2 Å². The Labute approximate surface area is 171 Å². The topological polar surface area (TPSA) is 122 Å². The molecule has 12 heteroatoms. The second kappa shape index (κ2) is 7.00. The molecule has 31 heavy (non-hydrogen) atoms. The summed E-state index contributed by atoms with van der Waals surface area (Å²) in [6, 6.07) is 7.28. The zero-order chi connectivity index (χ0) is 22.5. The van der Waals surface area contributed by atoms with Gasteiger partial charge in [0, 0.05) is 17.7 Å². The van der Waals surface area contributed by atoms with Crippen molar-refractivity contribution in [2.24, 2.45) is 11.0 Å². The van der Waals surface area contributed by atoms with E-state index >= 15 is 0 Å². The number of benzene rings is 2. The van der Waals surface area contributed by atoms with Gasteiger partial charge in [0.2, 0.25) is 11.7 Å². The third-order valence-electron chi connectivity index (χ3n) is 4.95. The fourth-order valence-electron chi connectivity index (χ4n) is 3.51. The highest BCUT2D eigenvalue weighted by Gasteiger charge is 2.56. The molecule has 1 N–H and O–H groups in total. The van der Waals surface area contributed by atoms with Crippen molar-refractivity contribution >= 4 is 34.7 Å². The number of nitrogens with zero attached hydrogens (tertiary/aromatic N) is 3. The van der Waals surface area contributed by atoms with E-state index in [4.69, 9.17) is 0 Å². The Morgan fingerprint density at radius 2 is 1.71 bits per heavy atom. The first kappa shape index (κ1) is 20.2. The third kappa shape index (κ3) is 3.21. The molecule has 2 atom stereocenters. The van der Waals surface area contributed by atoms with Crippen molar-refractivity contribution in [1.29, 1.82) is 0 Å². The van der Waals surface area contributed by atoms with Gasteiger partial charge >= 0.3 is 6.18 Å². The molecule has 1 saturated heterocycles. The summed E-state index contributed by atoms with van der Waals surface area (Å²) in [5.41, 5.74) is -0.0978. The largest absolute Gasteiger partial charge is 0.418 e. The summed E-state index contributed by atoms with van der Waals surface area (Å²) in [4.78, 5) is 49.0. The molecular weight excluding hydrogens is 421 g/mol. The Bertz CT molecular complexity index is 1160. The van der Waals surface area contributed by atoms with E-state index in [0.717, 1.165) is 42.5 Å². The number of hydrogen-bond acceptors (Lipinski definition) is 7. The Morgan fingerprint density at radius 1 is 1.06 bits per heavy atom. The van der Waals surface area contributed by atoms with Crippen LogP contribution in [0, 0.1) is 16.0 Å². The molecule has 0 spiro atoms. The van der Waals surface area contributed by atoms with Crippen LogP contribution in [0.4, 0.5) is 24.5 Å². The van der Waals surface area contributed by atoms with Gasteiger partial charge in [0.1, 0.15) is 17.7 Å². The zero-order valence-corrected chi connectivity index (χ0v) is 15.3. The van der Waals surface area contributed by atoms with E-state index in [0.29, 0.717) is 4.90 Å². The van der Waals surface area contributed by atoms with E-state index in [1.807, 2.05) is 0 Å². The maximum atomic E-state index is 13.4. The molecule has 2 aliphatic rings. The van der Waals surface area contributed by atoms with Crippen LogP contribution < -0.4 is 10.3 Å². The van der Waals surface area contributed by atoms with E-state index in [9.17, 15) is 37.7 Å². The molecule has 4 rings (SSSR count). The van der Waals surface area contributed by atoms with Gasteiger partial charge in [-0.15, -0.1) is 0 Å². The van der Waals surface area contributed by atoms with Crippen LogP contribution in [-0.2, 0) is 15.8 Å². The molecular formula is C19H11F3N4O5. The van der Waals surface area contributed by atoms with Crippen molar-refractivity contribution in [3.05, 3.63) is 69.8 Å². The van der Waals surface area contributed by atoms with Gasteiger partial charge < -0.3 is 0 Å². The summed E-state index contributed by atoms with van der Waals surface area (Å²) < 4.78 is 40.1. The molecule has 0 aliphatic carbocycles. The first-order valence-electron chi connectivity index (χ1n) is 8.77. The molecule has 2 aliphatic heterocycles. The quantitative estimate of drug-likeness (QED) is 0.343. The standard InChI is InChI=1S/C19H11F3N4O5/c20-19(21,22)11-3-1-2-4-12(11)25-17(28)13-14(23-24-15(13)18(25)29)16(27)9-5-7-10(8-6-9)26(30)31/h1-8,13,15,24H/t13-,15+/m1/s1. The minimum absolute atomic E-state index is 0.0267. The number of hydrogen-bond donors (Lipinski definition) is 1. The SMILES string of the molecule is O=C(C1=NN[C@@H]2C(=O)N(c3ccccc3C(F)(F)F)C(=O)[C@H]12)c1ccc([N+](=O)[O-])cc1. The second-order valence-electron chi connectivity index (χ2n) is 6.74. The minimum atomic E-state index is -4.81. The average Bonchev–Trinajstić information content (AvgIpc) is 3.27. The first-order valence-corrected chi connectivity index (χ1v) is 8.77. The summed E-state index contributed by atoms with van der Waals surface area (Å²) >= 11 is 0. The predicted molar refractivity (Wildman–Crippen MR) is 99.2 cm³/mol. The van der Waals surface area contributed by atoms with Gasteiger partial charge in [0.15, 0.2) is 0 Å². The number of Topliss-reactive ketones (excluding diaryl/α,β-unsaturated/α-hetero) is 1. The number of para-hydroxylation sites is 1. The highest BCUT2D eigenvalue weighted by atomic mass is 19.4. The Morgan fingerprint density at radius 3 is 2.32 bits per heavy atom. The lowest BCUT2D eigenvalue weighted by Gasteiger charge is -2.20. The number of anilines is 1. The lowest BCUT2D eigenvalue weighted by Crippen LogP contribution is -2.37. The third-order valence-corrected chi connectivity index (χ3v) is 4.95. The maximum Gasteiger partial charge on any atom is 0.418 e. The van der Waals surface area contributed by atoms with Crippen LogP contribution in [0.3, 0.4) is 0 Å². The number of fused-ring (bicyclic) bond motifs is 1. The Balaban J connectivity index is 1.67. The molecule has 0 saturated carbocycles. The fraction of sp³-hybridized carbons (Fsp3) is 0.158. The van der Waals surface area contributed by atoms with Crippen LogP contribution in [0.2, 0.25) is 0 Å². The van der Waals surface area contributed by atoms with Gasteiger partial charge in [0.25, 0.3) is 11.6 Å². The van der Waals surface area contributed by atoms with E-state index in [1.54, 1.807) is 0 Å². The van der Waals surface area contributed by atoms with Crippen molar-refractivity contribution in [3.63, 3.8) is 0 Å². The Kier molecular flexibility index (Phi) is 4.56. The molecule has 0 aromatic heterocycles. The van der Waals surface area contributed by atoms with Crippen molar-refractivity contribution in [3.8, 4) is 0 Å². The number of non-ortho nitro benzene ring substituents is 1. The average molecular weight is 432 g/mol. The molecule has 0 radical (unpaired) electrons. The number of halogens is 3. The maximum absolute atomic E-state index is 13.4. The second-order valence-corrected chi connectivity index (χ2v) is 6.74. The number of rotatable bonds is 4. The summed E-state index contributed by atoms with van der Waals surface area (Å²) in [6.07, 6.45) is -4.81. The summed E-state index contributed by atoms with van der Waals surface area (Å²) in [5, 5.41) is 14.5. The number of amides is 2. The molecule has 2 aromatic rings. The van der Waals surface area contributed by atoms with Crippen LogP contribution in [0.5, 0.6) is 0 Å². The van der Waals surface area contributed by atoms with Crippen LogP contribution in [-0.4, -0.2) is 34.3 Å². The number of hydrazone groups is 1. The number of carbonyl (C=O) groups is 3. The monoisotopic (exact) mass is 432 g/mol. The highest BCUT2D eigenvalue weighted by molar-refractivity contribution is 6.52. The van der Waals surface area contributed by atoms with E-state index in [-0.39, 0.29) is 17.0 Å². The molecule has 158 valence electrons. The minimum Gasteiger partial charge on any atom is -0.296 e. The van der Waals surface area contributed by atoms with E-state index in [2.05, 4.69) is 10.5 Å². The van der Waals surface area contributed by atoms with Crippen molar-refractivity contribution in [1.82, 2.24) is 5.43 Å². The number of nitro benzene ring substituents is 1. The number of alkyl halides is 3. The molecule has 2 aromatic carbocycles. The molecule has 0 bridgehead atoms. The van der Waals surface area contributed by atoms with E-state index < -0.39 is 51.9 Å². The fourth-order valence-corrected chi connectivity index (χ4v) is 3.51. The summed E-state index contributed by atoms with van der Waals surface area (Å²) in [6.45, 7) is 0. The van der Waals surface area contributed by atoms with Crippen molar-refractivity contribution in [2.45, 2.75) is 12.2 Å². The smallest absolute Gasteiger partial charge is 0.296 e. The van der Waals surface area contributed by atoms with Crippen LogP contribution in [0.1, 0.15) is 15.9 Å². The van der Waals surface area contributed by atoms with Crippen LogP contribution in [0.15, 0.2) is 53.6 Å². The lowest BCUT2D eigenvalue weighted by molar-refractivity contribution is -0.384. The summed E-state index contributed by atoms with van der Waals surface area (Å²) in [5.74, 6) is -4.19. The lowest BCUT2D eigenvalue weighted by atomic mass is 9.92. The van der Waals surface area contributed by atoms with Crippen molar-refractivity contribution < 1.29 is 32.5 Å². The summed E-state index contributed by atoms with van der Waals surface area (Å²) in [7, 11) is 0. The number of imide groups is 1. The zero-order valence-electron chi connectivity index (χ0n) is 15.3. The predicted octanol–water partition coefficient (Wildman–Crippen LogP) is 2.31. The normalized spacial score (nSPS) is 20.4. The van der Waals surface area contributed by atoms with Crippen molar-refractivity contribution in [2.75, 3.05) is 4.90 Å². The molecule has 2 amide bonds. The van der Waals surface area contributed by atoms with Gasteiger partial charge in [-0.2, -0.15) is 18.3 Å². The molecule has 1 fully saturated rings. The number of carbonyl (C=O) groups excluding carboxylic acids is 3. The van der Waals surface area contributed by atoms with Gasteiger partial charge in [-0.25, -0.2) is 4.90 Å².